The smallest absolute Gasteiger partial charge is 0.433 e. The molecule has 10 nitrogen and oxygen atoms in total. The van der Waals surface area contributed by atoms with E-state index in [9.17, 15) is 35.9 Å². The SMILES string of the molecule is O=C(O)C1CN(C(=O)C(=Cn2cnc(-c3cc(C(F)(F)F)nc(C(F)(F)F)c3)n2)c2cncnc2)C1. The summed E-state index contributed by atoms with van der Waals surface area (Å²) in [4.78, 5) is 39.3. The molecule has 16 heteroatoms. The fourth-order valence-electron chi connectivity index (χ4n) is 3.21. The molecule has 3 aromatic heterocycles. The van der Waals surface area contributed by atoms with Crippen LogP contribution in [-0.2, 0) is 21.9 Å². The summed E-state index contributed by atoms with van der Waals surface area (Å²) in [6, 6.07) is 0.754. The zero-order chi connectivity index (χ0) is 26.3. The van der Waals surface area contributed by atoms with Crippen LogP contribution >= 0.6 is 0 Å². The maximum atomic E-state index is 13.1. The predicted octanol–water partition coefficient (Wildman–Crippen LogP) is 2.71. The first-order valence-corrected chi connectivity index (χ1v) is 9.90. The molecule has 188 valence electrons. The number of aliphatic carboxylic acids is 1. The highest BCUT2D eigenvalue weighted by Crippen LogP contribution is 2.35. The minimum absolute atomic E-state index is 0.0563. The Labute approximate surface area is 196 Å². The van der Waals surface area contributed by atoms with Crippen molar-refractivity contribution >= 4 is 23.6 Å². The first-order chi connectivity index (χ1) is 16.8. The number of aromatic nitrogens is 6. The lowest BCUT2D eigenvalue weighted by Crippen LogP contribution is -2.53. The van der Waals surface area contributed by atoms with Crippen LogP contribution < -0.4 is 0 Å². The van der Waals surface area contributed by atoms with Gasteiger partial charge in [0.05, 0.1) is 11.5 Å². The van der Waals surface area contributed by atoms with Gasteiger partial charge >= 0.3 is 18.3 Å². The Morgan fingerprint density at radius 2 is 1.58 bits per heavy atom. The third kappa shape index (κ3) is 5.16. The Morgan fingerprint density at radius 3 is 2.11 bits per heavy atom. The van der Waals surface area contributed by atoms with Crippen molar-refractivity contribution in [1.29, 1.82) is 0 Å². The van der Waals surface area contributed by atoms with Crippen molar-refractivity contribution in [3.63, 3.8) is 0 Å². The monoisotopic (exact) mass is 513 g/mol. The average Bonchev–Trinajstić information content (AvgIpc) is 3.24. The Hall–Kier alpha value is -4.37. The van der Waals surface area contributed by atoms with E-state index in [4.69, 9.17) is 5.11 Å². The van der Waals surface area contributed by atoms with Crippen molar-refractivity contribution in [2.24, 2.45) is 5.92 Å². The third-order valence-corrected chi connectivity index (χ3v) is 5.05. The number of hydrogen-bond acceptors (Lipinski definition) is 7. The molecule has 0 unspecified atom stereocenters. The largest absolute Gasteiger partial charge is 0.481 e. The van der Waals surface area contributed by atoms with Crippen LogP contribution in [-0.4, -0.2) is 64.7 Å². The van der Waals surface area contributed by atoms with Gasteiger partial charge in [0.25, 0.3) is 5.91 Å². The number of alkyl halides is 6. The molecule has 1 aliphatic heterocycles. The number of carboxylic acids is 1. The maximum absolute atomic E-state index is 13.1. The van der Waals surface area contributed by atoms with Gasteiger partial charge in [0.1, 0.15) is 24.0 Å². The summed E-state index contributed by atoms with van der Waals surface area (Å²) in [5.41, 5.74) is -4.00. The second-order valence-electron chi connectivity index (χ2n) is 7.59. The Bertz CT molecular complexity index is 1300. The quantitative estimate of drug-likeness (QED) is 0.408. The van der Waals surface area contributed by atoms with E-state index in [1.54, 1.807) is 0 Å². The molecule has 0 atom stereocenters. The van der Waals surface area contributed by atoms with E-state index >= 15 is 0 Å². The molecule has 1 aliphatic rings. The normalized spacial score (nSPS) is 15.1. The van der Waals surface area contributed by atoms with E-state index in [0.717, 1.165) is 17.2 Å². The molecule has 0 aliphatic carbocycles. The summed E-state index contributed by atoms with van der Waals surface area (Å²) >= 11 is 0. The summed E-state index contributed by atoms with van der Waals surface area (Å²) in [7, 11) is 0. The molecule has 0 radical (unpaired) electrons. The van der Waals surface area contributed by atoms with Crippen molar-refractivity contribution in [2.75, 3.05) is 13.1 Å². The van der Waals surface area contributed by atoms with Crippen LogP contribution in [0.15, 0.2) is 37.2 Å². The summed E-state index contributed by atoms with van der Waals surface area (Å²) < 4.78 is 79.7. The number of nitrogens with zero attached hydrogens (tertiary/aromatic N) is 7. The number of carbonyl (C=O) groups excluding carboxylic acids is 1. The summed E-state index contributed by atoms with van der Waals surface area (Å²) in [6.45, 7) is -0.113. The highest BCUT2D eigenvalue weighted by Gasteiger charge is 2.39. The van der Waals surface area contributed by atoms with Crippen molar-refractivity contribution in [3.05, 3.63) is 54.1 Å². The molecule has 4 heterocycles. The van der Waals surface area contributed by atoms with Gasteiger partial charge in [0.2, 0.25) is 0 Å². The second kappa shape index (κ2) is 9.01. The number of amides is 1. The van der Waals surface area contributed by atoms with Gasteiger partial charge in [-0.1, -0.05) is 0 Å². The van der Waals surface area contributed by atoms with Gasteiger partial charge in [-0.15, -0.1) is 5.10 Å². The molecule has 0 saturated carbocycles. The van der Waals surface area contributed by atoms with E-state index < -0.39 is 52.9 Å². The fourth-order valence-corrected chi connectivity index (χ4v) is 3.21. The predicted molar refractivity (Wildman–Crippen MR) is 107 cm³/mol. The van der Waals surface area contributed by atoms with Crippen molar-refractivity contribution in [2.45, 2.75) is 12.4 Å². The van der Waals surface area contributed by atoms with Gasteiger partial charge in [0.15, 0.2) is 5.82 Å². The molecule has 0 spiro atoms. The van der Waals surface area contributed by atoms with Gasteiger partial charge in [-0.2, -0.15) is 26.3 Å². The zero-order valence-electron chi connectivity index (χ0n) is 17.7. The number of carbonyl (C=O) groups is 2. The number of halogens is 6. The lowest BCUT2D eigenvalue weighted by Gasteiger charge is -2.37. The number of likely N-dealkylation sites (tertiary alicyclic amines) is 1. The highest BCUT2D eigenvalue weighted by atomic mass is 19.4. The van der Waals surface area contributed by atoms with Crippen LogP contribution in [0.25, 0.3) is 23.2 Å². The number of rotatable bonds is 5. The number of hydrogen-bond donors (Lipinski definition) is 1. The molecule has 3 aromatic rings. The summed E-state index contributed by atoms with van der Waals surface area (Å²) in [5.74, 6) is -2.91. The van der Waals surface area contributed by atoms with E-state index in [2.05, 4.69) is 25.0 Å². The molecular weight excluding hydrogens is 500 g/mol. The van der Waals surface area contributed by atoms with Crippen molar-refractivity contribution in [3.8, 4) is 11.4 Å². The molecule has 0 bridgehead atoms. The van der Waals surface area contributed by atoms with Crippen LogP contribution in [0, 0.1) is 5.92 Å². The van der Waals surface area contributed by atoms with Gasteiger partial charge in [-0.05, 0) is 12.1 Å². The lowest BCUT2D eigenvalue weighted by molar-refractivity contribution is -0.152. The average molecular weight is 513 g/mol. The van der Waals surface area contributed by atoms with Crippen LogP contribution in [0.2, 0.25) is 0 Å². The van der Waals surface area contributed by atoms with E-state index in [-0.39, 0.29) is 24.2 Å². The Kier molecular flexibility index (Phi) is 6.19. The Morgan fingerprint density at radius 1 is 1.00 bits per heavy atom. The fraction of sp³-hybridized carbons (Fsp3) is 0.250. The van der Waals surface area contributed by atoms with Crippen LogP contribution in [0.4, 0.5) is 26.3 Å². The third-order valence-electron chi connectivity index (χ3n) is 5.05. The molecule has 0 aromatic carbocycles. The van der Waals surface area contributed by atoms with Crippen molar-refractivity contribution in [1.82, 2.24) is 34.6 Å². The minimum atomic E-state index is -5.16. The number of pyridine rings is 1. The first-order valence-electron chi connectivity index (χ1n) is 9.90. The van der Waals surface area contributed by atoms with Gasteiger partial charge in [-0.25, -0.2) is 24.6 Å². The maximum Gasteiger partial charge on any atom is 0.433 e. The van der Waals surface area contributed by atoms with Crippen molar-refractivity contribution < 1.29 is 41.0 Å². The molecule has 1 saturated heterocycles. The van der Waals surface area contributed by atoms with E-state index in [0.29, 0.717) is 12.1 Å². The van der Waals surface area contributed by atoms with E-state index in [1.807, 2.05) is 0 Å². The lowest BCUT2D eigenvalue weighted by atomic mass is 9.98. The van der Waals surface area contributed by atoms with Crippen LogP contribution in [0.5, 0.6) is 0 Å². The Balaban J connectivity index is 1.71. The molecule has 1 fully saturated rings. The molecule has 1 amide bonds. The standard InChI is InChI=1S/C20H13F6N7O3/c21-19(22,23)14-1-10(2-15(30-14)20(24,25)26)16-29-9-33(31-16)7-13(11-3-27-8-28-4-11)17(34)32-5-12(6-32)18(35)36/h1-4,7-9,12H,5-6H2,(H,35,36). The topological polar surface area (TPSA) is 127 Å². The van der Waals surface area contributed by atoms with Crippen LogP contribution in [0.1, 0.15) is 17.0 Å². The zero-order valence-corrected chi connectivity index (χ0v) is 17.7. The number of carboxylic acid groups (broad SMARTS) is 1. The minimum Gasteiger partial charge on any atom is -0.481 e. The van der Waals surface area contributed by atoms with Gasteiger partial charge in [0, 0.05) is 42.8 Å². The van der Waals surface area contributed by atoms with Crippen LogP contribution in [0.3, 0.4) is 0 Å². The molecule has 4 rings (SSSR count). The molecular formula is C20H13F6N7O3. The first kappa shape index (κ1) is 24.7. The summed E-state index contributed by atoms with van der Waals surface area (Å²) in [6.07, 6.45) is -4.43. The second-order valence-corrected chi connectivity index (χ2v) is 7.59. The molecule has 36 heavy (non-hydrogen) atoms. The van der Waals surface area contributed by atoms with Gasteiger partial charge in [-0.3, -0.25) is 9.59 Å². The van der Waals surface area contributed by atoms with Gasteiger partial charge < -0.3 is 10.0 Å². The highest BCUT2D eigenvalue weighted by molar-refractivity contribution is 6.23. The van der Waals surface area contributed by atoms with E-state index in [1.165, 1.54) is 23.6 Å². The molecule has 1 N–H and O–H groups in total. The summed E-state index contributed by atoms with van der Waals surface area (Å²) in [5, 5.41) is 12.9.